The number of benzene rings is 2. The Kier molecular flexibility index (Phi) is 5.46. The summed E-state index contributed by atoms with van der Waals surface area (Å²) < 4.78 is 4.92. The Morgan fingerprint density at radius 2 is 1.84 bits per heavy atom. The van der Waals surface area contributed by atoms with Crippen LogP contribution in [0.5, 0.6) is 0 Å². The number of rotatable bonds is 5. The number of carbonyl (C=O) groups is 2. The lowest BCUT2D eigenvalue weighted by Gasteiger charge is -2.17. The van der Waals surface area contributed by atoms with Crippen LogP contribution in [-0.2, 0) is 16.0 Å². The number of hydrogen-bond acceptors (Lipinski definition) is 4. The average molecular weight is 416 g/mol. The average Bonchev–Trinajstić information content (AvgIpc) is 3.07. The van der Waals surface area contributed by atoms with Crippen LogP contribution in [0.4, 0.5) is 4.79 Å². The Bertz CT molecular complexity index is 1270. The van der Waals surface area contributed by atoms with Gasteiger partial charge in [0.05, 0.1) is 0 Å². The van der Waals surface area contributed by atoms with Gasteiger partial charge in [-0.25, -0.2) is 4.79 Å². The van der Waals surface area contributed by atoms with E-state index < -0.39 is 12.0 Å². The van der Waals surface area contributed by atoms with Crippen LogP contribution < -0.4 is 10.9 Å². The number of alkyl carbamates (subject to hydrolysis) is 1. The summed E-state index contributed by atoms with van der Waals surface area (Å²) in [4.78, 5) is 39.1. The second kappa shape index (κ2) is 8.22. The minimum atomic E-state index is -0.800. The predicted molar refractivity (Wildman–Crippen MR) is 120 cm³/mol. The third-order valence-electron chi connectivity index (χ3n) is 5.65. The van der Waals surface area contributed by atoms with Crippen LogP contribution in [0.2, 0.25) is 0 Å². The zero-order chi connectivity index (χ0) is 22.1. The molecule has 1 atom stereocenters. The van der Waals surface area contributed by atoms with Crippen LogP contribution in [0.15, 0.2) is 65.2 Å². The van der Waals surface area contributed by atoms with Crippen molar-refractivity contribution in [2.45, 2.75) is 33.1 Å². The number of aryl methyl sites for hydroxylation is 1. The predicted octanol–water partition coefficient (Wildman–Crippen LogP) is 4.65. The molecule has 1 aliphatic rings. The Labute approximate surface area is 179 Å². The maximum atomic E-state index is 13.0. The number of amides is 2. The number of ether oxygens (including phenoxy) is 1. The summed E-state index contributed by atoms with van der Waals surface area (Å²) >= 11 is 0. The molecular formula is C25H24N2O4. The van der Waals surface area contributed by atoms with Crippen LogP contribution in [-0.4, -0.2) is 17.0 Å². The zero-order valence-corrected chi connectivity index (χ0v) is 17.7. The van der Waals surface area contributed by atoms with E-state index in [2.05, 4.69) is 47.6 Å². The Balaban J connectivity index is 1.73. The summed E-state index contributed by atoms with van der Waals surface area (Å²) in [7, 11) is 0. The summed E-state index contributed by atoms with van der Waals surface area (Å²) in [6.07, 6.45) is 1.67. The Hall–Kier alpha value is -3.67. The quantitative estimate of drug-likeness (QED) is 0.593. The van der Waals surface area contributed by atoms with Gasteiger partial charge in [0.2, 0.25) is 0 Å². The van der Waals surface area contributed by atoms with E-state index in [1.807, 2.05) is 26.0 Å². The van der Waals surface area contributed by atoms with Crippen LogP contribution in [0, 0.1) is 5.92 Å². The van der Waals surface area contributed by atoms with Crippen molar-refractivity contribution >= 4 is 22.8 Å². The molecule has 158 valence electrons. The highest BCUT2D eigenvalue weighted by Crippen LogP contribution is 2.29. The number of imide groups is 1. The van der Waals surface area contributed by atoms with E-state index >= 15 is 0 Å². The monoisotopic (exact) mass is 416 g/mol. The molecule has 2 N–H and O–H groups in total. The van der Waals surface area contributed by atoms with E-state index in [1.165, 1.54) is 10.9 Å². The molecule has 0 saturated carbocycles. The molecule has 1 aromatic heterocycles. The number of cyclic esters (lactones) is 1. The van der Waals surface area contributed by atoms with Gasteiger partial charge in [-0.15, -0.1) is 0 Å². The fraction of sp³-hybridized carbons (Fsp3) is 0.240. The van der Waals surface area contributed by atoms with E-state index in [0.29, 0.717) is 5.56 Å². The molecule has 0 radical (unpaired) electrons. The number of pyridine rings is 1. The van der Waals surface area contributed by atoms with E-state index in [1.54, 1.807) is 12.1 Å². The van der Waals surface area contributed by atoms with Gasteiger partial charge in [0.1, 0.15) is 0 Å². The third-order valence-corrected chi connectivity index (χ3v) is 5.65. The number of hydrogen-bond donors (Lipinski definition) is 2. The van der Waals surface area contributed by atoms with Gasteiger partial charge in [0, 0.05) is 17.2 Å². The standard InChI is InChI=1S/C25H24N2O4/c1-4-15-6-5-7-16-8-9-17(12-20(15)16)21-11-10-18(23(28)26-21)19(14(2)3)13-22-24(29)27-25(30)31-22/h5-14,19H,4H2,1-3H3,(H,26,28)(H,27,29,30)/b22-13-. The minimum Gasteiger partial charge on any atom is -0.404 e. The van der Waals surface area contributed by atoms with Crippen molar-refractivity contribution in [2.75, 3.05) is 0 Å². The third kappa shape index (κ3) is 4.01. The number of carbonyl (C=O) groups excluding carboxylic acids is 2. The first-order chi connectivity index (χ1) is 14.9. The summed E-state index contributed by atoms with van der Waals surface area (Å²) in [5.41, 5.74) is 3.19. The van der Waals surface area contributed by atoms with Gasteiger partial charge in [0.25, 0.3) is 11.5 Å². The molecule has 0 spiro atoms. The van der Waals surface area contributed by atoms with Gasteiger partial charge < -0.3 is 9.72 Å². The minimum absolute atomic E-state index is 0.0133. The first kappa shape index (κ1) is 20.6. The fourth-order valence-electron chi connectivity index (χ4n) is 3.97. The van der Waals surface area contributed by atoms with Crippen molar-refractivity contribution in [3.05, 3.63) is 81.8 Å². The Morgan fingerprint density at radius 3 is 2.48 bits per heavy atom. The van der Waals surface area contributed by atoms with E-state index in [9.17, 15) is 14.4 Å². The van der Waals surface area contributed by atoms with Crippen LogP contribution in [0.25, 0.3) is 22.0 Å². The zero-order valence-electron chi connectivity index (χ0n) is 17.7. The molecule has 1 unspecified atom stereocenters. The van der Waals surface area contributed by atoms with Gasteiger partial charge in [-0.3, -0.25) is 14.9 Å². The molecule has 6 heteroatoms. The number of H-pyrrole nitrogens is 1. The normalized spacial score (nSPS) is 16.1. The number of aromatic amines is 1. The van der Waals surface area contributed by atoms with Crippen molar-refractivity contribution in [2.24, 2.45) is 5.92 Å². The smallest absolute Gasteiger partial charge is 0.404 e. The summed E-state index contributed by atoms with van der Waals surface area (Å²) in [6, 6.07) is 16.1. The largest absolute Gasteiger partial charge is 0.419 e. The molecule has 1 aliphatic heterocycles. The van der Waals surface area contributed by atoms with Crippen molar-refractivity contribution in [3.8, 4) is 11.3 Å². The topological polar surface area (TPSA) is 88.3 Å². The lowest BCUT2D eigenvalue weighted by atomic mass is 9.88. The molecule has 2 heterocycles. The molecule has 2 amide bonds. The highest BCUT2D eigenvalue weighted by molar-refractivity contribution is 6.07. The van der Waals surface area contributed by atoms with Gasteiger partial charge in [-0.2, -0.15) is 0 Å². The molecule has 1 saturated heterocycles. The number of allylic oxidation sites excluding steroid dienone is 1. The number of nitrogens with one attached hydrogen (secondary N) is 2. The lowest BCUT2D eigenvalue weighted by Crippen LogP contribution is -2.21. The first-order valence-corrected chi connectivity index (χ1v) is 10.4. The van der Waals surface area contributed by atoms with Gasteiger partial charge in [-0.05, 0) is 52.4 Å². The van der Waals surface area contributed by atoms with Crippen LogP contribution in [0.1, 0.15) is 37.8 Å². The molecule has 0 aliphatic carbocycles. The van der Waals surface area contributed by atoms with E-state index in [0.717, 1.165) is 23.1 Å². The van der Waals surface area contributed by atoms with Crippen molar-refractivity contribution in [3.63, 3.8) is 0 Å². The molecular weight excluding hydrogens is 392 g/mol. The summed E-state index contributed by atoms with van der Waals surface area (Å²) in [5, 5.41) is 4.41. The van der Waals surface area contributed by atoms with Crippen molar-refractivity contribution in [1.29, 1.82) is 0 Å². The lowest BCUT2D eigenvalue weighted by molar-refractivity contribution is -0.116. The van der Waals surface area contributed by atoms with Crippen molar-refractivity contribution in [1.82, 2.24) is 10.3 Å². The molecule has 31 heavy (non-hydrogen) atoms. The van der Waals surface area contributed by atoms with Crippen LogP contribution in [0.3, 0.4) is 0 Å². The Morgan fingerprint density at radius 1 is 1.03 bits per heavy atom. The van der Waals surface area contributed by atoms with E-state index in [-0.39, 0.29) is 23.2 Å². The summed E-state index contributed by atoms with van der Waals surface area (Å²) in [6.45, 7) is 6.01. The highest BCUT2D eigenvalue weighted by atomic mass is 16.6. The first-order valence-electron chi connectivity index (χ1n) is 10.4. The SMILES string of the molecule is CCc1cccc2ccc(-c3ccc(C(/C=C4\OC(=O)NC4=O)C(C)C)c(=O)[nH]3)cc12. The molecule has 1 fully saturated rings. The maximum absolute atomic E-state index is 13.0. The second-order valence-corrected chi connectivity index (χ2v) is 8.01. The number of fused-ring (bicyclic) bond motifs is 1. The molecule has 6 nitrogen and oxygen atoms in total. The molecule has 4 rings (SSSR count). The second-order valence-electron chi connectivity index (χ2n) is 8.01. The van der Waals surface area contributed by atoms with Crippen molar-refractivity contribution < 1.29 is 14.3 Å². The van der Waals surface area contributed by atoms with E-state index in [4.69, 9.17) is 4.74 Å². The molecule has 0 bridgehead atoms. The van der Waals surface area contributed by atoms with Gasteiger partial charge in [-0.1, -0.05) is 57.2 Å². The molecule has 3 aromatic rings. The fourth-order valence-corrected chi connectivity index (χ4v) is 3.97. The molecule has 2 aromatic carbocycles. The van der Waals surface area contributed by atoms with Gasteiger partial charge >= 0.3 is 6.09 Å². The van der Waals surface area contributed by atoms with Gasteiger partial charge in [0.15, 0.2) is 5.76 Å². The highest BCUT2D eigenvalue weighted by Gasteiger charge is 2.29. The number of aromatic nitrogens is 1. The summed E-state index contributed by atoms with van der Waals surface area (Å²) in [5.74, 6) is -1.03. The van der Waals surface area contributed by atoms with Crippen LogP contribution >= 0.6 is 0 Å². The maximum Gasteiger partial charge on any atom is 0.419 e.